The van der Waals surface area contributed by atoms with Crippen LogP contribution in [0, 0.1) is 5.92 Å². The number of aromatic nitrogens is 4. The van der Waals surface area contributed by atoms with E-state index in [-0.39, 0.29) is 11.7 Å². The molecule has 0 unspecified atom stereocenters. The number of nitrogens with one attached hydrogen (secondary N) is 1. The second-order valence-corrected chi connectivity index (χ2v) is 9.30. The number of amides is 1. The Morgan fingerprint density at radius 1 is 1.28 bits per heavy atom. The molecule has 6 nitrogen and oxygen atoms in total. The van der Waals surface area contributed by atoms with Gasteiger partial charge in [-0.25, -0.2) is 4.98 Å². The zero-order valence-corrected chi connectivity index (χ0v) is 18.0. The van der Waals surface area contributed by atoms with Crippen LogP contribution >= 0.6 is 23.1 Å². The Morgan fingerprint density at radius 2 is 2.10 bits per heavy atom. The molecule has 152 valence electrons. The lowest BCUT2D eigenvalue weighted by molar-refractivity contribution is -0.113. The summed E-state index contributed by atoms with van der Waals surface area (Å²) < 4.78 is 3.16. The van der Waals surface area contributed by atoms with Crippen LogP contribution in [0.15, 0.2) is 42.1 Å². The number of fused-ring (bicyclic) bond motifs is 1. The molecule has 0 aliphatic heterocycles. The molecule has 2 aromatic heterocycles. The zero-order valence-electron chi connectivity index (χ0n) is 16.3. The smallest absolute Gasteiger partial charge is 0.236 e. The molecule has 0 radical (unpaired) electrons. The van der Waals surface area contributed by atoms with Crippen LogP contribution < -0.4 is 5.32 Å². The van der Waals surface area contributed by atoms with E-state index in [0.29, 0.717) is 17.6 Å². The number of nitrogens with zero attached hydrogens (tertiary/aromatic N) is 4. The van der Waals surface area contributed by atoms with Gasteiger partial charge in [0.2, 0.25) is 5.91 Å². The Balaban J connectivity index is 1.37. The Bertz CT molecular complexity index is 957. The molecule has 1 N–H and O–H groups in total. The van der Waals surface area contributed by atoms with Gasteiger partial charge >= 0.3 is 0 Å². The van der Waals surface area contributed by atoms with Gasteiger partial charge in [0.1, 0.15) is 5.82 Å². The third kappa shape index (κ3) is 5.05. The van der Waals surface area contributed by atoms with Crippen LogP contribution in [0.5, 0.6) is 0 Å². The van der Waals surface area contributed by atoms with Gasteiger partial charge < -0.3 is 9.88 Å². The van der Waals surface area contributed by atoms with Gasteiger partial charge in [-0.3, -0.25) is 4.79 Å². The van der Waals surface area contributed by atoms with Crippen molar-refractivity contribution in [2.75, 3.05) is 11.1 Å². The Hall–Kier alpha value is -2.19. The van der Waals surface area contributed by atoms with E-state index in [1.165, 1.54) is 55.2 Å². The van der Waals surface area contributed by atoms with Crippen molar-refractivity contribution >= 4 is 44.4 Å². The van der Waals surface area contributed by atoms with Gasteiger partial charge in [0.25, 0.3) is 0 Å². The van der Waals surface area contributed by atoms with Crippen LogP contribution in [0.2, 0.25) is 0 Å². The Morgan fingerprint density at radius 3 is 2.90 bits per heavy atom. The van der Waals surface area contributed by atoms with Gasteiger partial charge in [-0.05, 0) is 18.1 Å². The summed E-state index contributed by atoms with van der Waals surface area (Å²) >= 11 is 2.89. The Kier molecular flexibility index (Phi) is 6.61. The number of carbonyl (C=O) groups excluding carboxylic acids is 1. The van der Waals surface area contributed by atoms with Crippen molar-refractivity contribution in [1.29, 1.82) is 0 Å². The number of hydrogen-bond donors (Lipinski definition) is 1. The maximum absolute atomic E-state index is 12.4. The van der Waals surface area contributed by atoms with Crippen molar-refractivity contribution in [3.8, 4) is 0 Å². The number of rotatable bonds is 8. The van der Waals surface area contributed by atoms with E-state index in [4.69, 9.17) is 0 Å². The van der Waals surface area contributed by atoms with Crippen LogP contribution in [0.25, 0.3) is 10.2 Å². The number of anilines is 1. The number of benzene rings is 1. The first-order chi connectivity index (χ1) is 14.2. The molecule has 1 saturated carbocycles. The summed E-state index contributed by atoms with van der Waals surface area (Å²) in [6, 6.07) is 7.87. The Labute approximate surface area is 178 Å². The minimum atomic E-state index is -0.0870. The molecule has 0 atom stereocenters. The quantitative estimate of drug-likeness (QED) is 0.408. The second-order valence-electron chi connectivity index (χ2n) is 7.33. The molecular weight excluding hydrogens is 402 g/mol. The molecule has 4 rings (SSSR count). The fourth-order valence-electron chi connectivity index (χ4n) is 3.75. The van der Waals surface area contributed by atoms with E-state index >= 15 is 0 Å². The van der Waals surface area contributed by atoms with Crippen molar-refractivity contribution in [1.82, 2.24) is 19.7 Å². The molecule has 3 aromatic rings. The highest BCUT2D eigenvalue weighted by Gasteiger charge is 2.20. The van der Waals surface area contributed by atoms with E-state index in [1.807, 2.05) is 30.3 Å². The van der Waals surface area contributed by atoms with E-state index in [0.717, 1.165) is 27.6 Å². The molecule has 1 fully saturated rings. The normalized spacial score (nSPS) is 14.9. The van der Waals surface area contributed by atoms with Gasteiger partial charge in [-0.2, -0.15) is 0 Å². The summed E-state index contributed by atoms with van der Waals surface area (Å²) in [5.74, 6) is 1.88. The van der Waals surface area contributed by atoms with Gasteiger partial charge in [0.05, 0.1) is 16.0 Å². The largest absolute Gasteiger partial charge is 0.302 e. The predicted octanol–water partition coefficient (Wildman–Crippen LogP) is 4.93. The minimum absolute atomic E-state index is 0.0870. The van der Waals surface area contributed by atoms with Crippen molar-refractivity contribution in [2.24, 2.45) is 5.92 Å². The zero-order chi connectivity index (χ0) is 20.1. The first kappa shape index (κ1) is 20.1. The molecule has 8 heteroatoms. The summed E-state index contributed by atoms with van der Waals surface area (Å²) in [5, 5.41) is 13.1. The van der Waals surface area contributed by atoms with Crippen LogP contribution in [0.1, 0.15) is 37.9 Å². The summed E-state index contributed by atoms with van der Waals surface area (Å²) in [7, 11) is 0. The number of carbonyl (C=O) groups is 1. The van der Waals surface area contributed by atoms with Crippen LogP contribution in [-0.4, -0.2) is 31.4 Å². The number of allylic oxidation sites excluding steroid dienone is 1. The SMILES string of the molecule is C=CCn1c(CC2CCCCC2)nnc1SCC(=O)Nc1nc2ccccc2s1. The summed E-state index contributed by atoms with van der Waals surface area (Å²) in [5.41, 5.74) is 0.901. The lowest BCUT2D eigenvalue weighted by Gasteiger charge is -2.21. The van der Waals surface area contributed by atoms with Gasteiger partial charge in [0.15, 0.2) is 10.3 Å². The van der Waals surface area contributed by atoms with E-state index in [2.05, 4.69) is 31.6 Å². The molecule has 1 aromatic carbocycles. The lowest BCUT2D eigenvalue weighted by Crippen LogP contribution is -2.15. The lowest BCUT2D eigenvalue weighted by atomic mass is 9.87. The molecule has 1 aliphatic carbocycles. The van der Waals surface area contributed by atoms with Crippen LogP contribution in [-0.2, 0) is 17.8 Å². The third-order valence-electron chi connectivity index (χ3n) is 5.17. The first-order valence-corrected chi connectivity index (χ1v) is 11.8. The van der Waals surface area contributed by atoms with E-state index in [9.17, 15) is 4.79 Å². The minimum Gasteiger partial charge on any atom is -0.302 e. The highest BCUT2D eigenvalue weighted by atomic mass is 32.2. The highest BCUT2D eigenvalue weighted by Crippen LogP contribution is 2.28. The summed E-state index contributed by atoms with van der Waals surface area (Å²) in [4.78, 5) is 16.9. The van der Waals surface area contributed by atoms with Crippen molar-refractivity contribution < 1.29 is 4.79 Å². The molecule has 2 heterocycles. The average molecular weight is 428 g/mol. The third-order valence-corrected chi connectivity index (χ3v) is 7.09. The van der Waals surface area contributed by atoms with Crippen LogP contribution in [0.3, 0.4) is 0 Å². The summed E-state index contributed by atoms with van der Waals surface area (Å²) in [6.45, 7) is 4.53. The van der Waals surface area contributed by atoms with Crippen LogP contribution in [0.4, 0.5) is 5.13 Å². The number of thioether (sulfide) groups is 1. The molecular formula is C21H25N5OS2. The van der Waals surface area contributed by atoms with Gasteiger partial charge in [-0.15, -0.1) is 16.8 Å². The number of para-hydroxylation sites is 1. The fourth-order valence-corrected chi connectivity index (χ4v) is 5.40. The van der Waals surface area contributed by atoms with Crippen molar-refractivity contribution in [3.63, 3.8) is 0 Å². The standard InChI is InChI=1S/C21H25N5OS2/c1-2-12-26-18(13-15-8-4-3-5-9-15)24-25-21(26)28-14-19(27)23-20-22-16-10-6-7-11-17(16)29-20/h2,6-7,10-11,15H,1,3-5,8-9,12-14H2,(H,22,23,27). The molecule has 0 spiro atoms. The number of hydrogen-bond acceptors (Lipinski definition) is 6. The molecule has 0 saturated heterocycles. The van der Waals surface area contributed by atoms with E-state index < -0.39 is 0 Å². The maximum Gasteiger partial charge on any atom is 0.236 e. The summed E-state index contributed by atoms with van der Waals surface area (Å²) in [6.07, 6.45) is 9.34. The first-order valence-electron chi connectivity index (χ1n) is 10.0. The fraction of sp³-hybridized carbons (Fsp3) is 0.429. The second kappa shape index (κ2) is 9.54. The predicted molar refractivity (Wildman–Crippen MR) is 119 cm³/mol. The maximum atomic E-state index is 12.4. The molecule has 29 heavy (non-hydrogen) atoms. The van der Waals surface area contributed by atoms with E-state index in [1.54, 1.807) is 0 Å². The van der Waals surface area contributed by atoms with Crippen molar-refractivity contribution in [3.05, 3.63) is 42.7 Å². The monoisotopic (exact) mass is 427 g/mol. The number of thiazole rings is 1. The molecule has 0 bridgehead atoms. The highest BCUT2D eigenvalue weighted by molar-refractivity contribution is 7.99. The van der Waals surface area contributed by atoms with Gasteiger partial charge in [-0.1, -0.05) is 73.4 Å². The molecule has 1 amide bonds. The topological polar surface area (TPSA) is 72.7 Å². The average Bonchev–Trinajstić information content (AvgIpc) is 3.31. The van der Waals surface area contributed by atoms with Crippen molar-refractivity contribution in [2.45, 2.75) is 50.2 Å². The van der Waals surface area contributed by atoms with Gasteiger partial charge in [0, 0.05) is 13.0 Å². The molecule has 1 aliphatic rings.